The lowest BCUT2D eigenvalue weighted by molar-refractivity contribution is 0.452. The van der Waals surface area contributed by atoms with Crippen molar-refractivity contribution in [2.45, 2.75) is 25.8 Å². The van der Waals surface area contributed by atoms with Crippen molar-refractivity contribution in [1.29, 1.82) is 0 Å². The lowest BCUT2D eigenvalue weighted by atomic mass is 9.89. The van der Waals surface area contributed by atoms with E-state index in [1.54, 1.807) is 0 Å². The SMILES string of the molecule is CC1(C)Cc2ccccc2C(c2ccccc2)=C(c2ccccc2)N1. The van der Waals surface area contributed by atoms with Gasteiger partial charge in [-0.25, -0.2) is 0 Å². The molecule has 0 saturated carbocycles. The molecule has 1 aliphatic rings. The summed E-state index contributed by atoms with van der Waals surface area (Å²) >= 11 is 0. The molecule has 3 aromatic rings. The van der Waals surface area contributed by atoms with E-state index in [1.807, 2.05) is 0 Å². The van der Waals surface area contributed by atoms with Crippen molar-refractivity contribution < 1.29 is 0 Å². The largest absolute Gasteiger partial charge is 0.379 e. The molecule has 0 spiro atoms. The Hall–Kier alpha value is -2.80. The van der Waals surface area contributed by atoms with Crippen molar-refractivity contribution in [3.05, 3.63) is 107 Å². The van der Waals surface area contributed by atoms with Crippen molar-refractivity contribution in [3.63, 3.8) is 0 Å². The number of hydrogen-bond donors (Lipinski definition) is 1. The summed E-state index contributed by atoms with van der Waals surface area (Å²) in [4.78, 5) is 0. The quantitative estimate of drug-likeness (QED) is 0.653. The zero-order valence-corrected chi connectivity index (χ0v) is 14.8. The van der Waals surface area contributed by atoms with E-state index >= 15 is 0 Å². The molecule has 25 heavy (non-hydrogen) atoms. The third kappa shape index (κ3) is 3.10. The van der Waals surface area contributed by atoms with Gasteiger partial charge in [0.1, 0.15) is 0 Å². The van der Waals surface area contributed by atoms with Crippen LogP contribution in [0.4, 0.5) is 0 Å². The zero-order chi connectivity index (χ0) is 17.3. The van der Waals surface area contributed by atoms with Gasteiger partial charge in [-0.2, -0.15) is 0 Å². The normalized spacial score (nSPS) is 15.9. The van der Waals surface area contributed by atoms with Gasteiger partial charge in [-0.3, -0.25) is 0 Å². The summed E-state index contributed by atoms with van der Waals surface area (Å²) in [5, 5.41) is 3.85. The molecule has 1 nitrogen and oxygen atoms in total. The highest BCUT2D eigenvalue weighted by atomic mass is 15.0. The van der Waals surface area contributed by atoms with E-state index in [0.717, 1.165) is 6.42 Å². The van der Waals surface area contributed by atoms with Crippen LogP contribution in [0.3, 0.4) is 0 Å². The topological polar surface area (TPSA) is 12.0 Å². The summed E-state index contributed by atoms with van der Waals surface area (Å²) in [6, 6.07) is 30.2. The molecule has 0 aromatic heterocycles. The number of rotatable bonds is 2. The predicted molar refractivity (Wildman–Crippen MR) is 106 cm³/mol. The molecular weight excluding hydrogens is 302 g/mol. The Morgan fingerprint density at radius 2 is 1.24 bits per heavy atom. The van der Waals surface area contributed by atoms with Gasteiger partial charge in [0.2, 0.25) is 0 Å². The smallest absolute Gasteiger partial charge is 0.0503 e. The molecule has 4 rings (SSSR count). The standard InChI is InChI=1S/C24H23N/c1-24(2)17-20-15-9-10-16-21(20)22(18-11-5-3-6-12-18)23(25-24)19-13-7-4-8-14-19/h3-16,25H,17H2,1-2H3. The lowest BCUT2D eigenvalue weighted by Crippen LogP contribution is -2.39. The Kier molecular flexibility index (Phi) is 3.93. The average Bonchev–Trinajstić information content (AvgIpc) is 2.76. The van der Waals surface area contributed by atoms with Gasteiger partial charge in [-0.15, -0.1) is 0 Å². The van der Waals surface area contributed by atoms with Gasteiger partial charge in [0.05, 0.1) is 5.70 Å². The maximum absolute atomic E-state index is 3.85. The van der Waals surface area contributed by atoms with Crippen LogP contribution < -0.4 is 5.32 Å². The maximum atomic E-state index is 3.85. The third-order valence-corrected chi connectivity index (χ3v) is 4.76. The molecular formula is C24H23N. The summed E-state index contributed by atoms with van der Waals surface area (Å²) in [5.41, 5.74) is 7.67. The van der Waals surface area contributed by atoms with Gasteiger partial charge >= 0.3 is 0 Å². The van der Waals surface area contributed by atoms with Crippen molar-refractivity contribution in [2.24, 2.45) is 0 Å². The molecule has 0 bridgehead atoms. The van der Waals surface area contributed by atoms with Crippen LogP contribution in [0.5, 0.6) is 0 Å². The monoisotopic (exact) mass is 325 g/mol. The van der Waals surface area contributed by atoms with Gasteiger partial charge in [0.25, 0.3) is 0 Å². The lowest BCUT2D eigenvalue weighted by Gasteiger charge is -2.28. The van der Waals surface area contributed by atoms with E-state index in [-0.39, 0.29) is 5.54 Å². The molecule has 0 unspecified atom stereocenters. The van der Waals surface area contributed by atoms with Crippen LogP contribution in [-0.4, -0.2) is 5.54 Å². The highest BCUT2D eigenvalue weighted by Crippen LogP contribution is 2.37. The van der Waals surface area contributed by atoms with Crippen molar-refractivity contribution in [3.8, 4) is 0 Å². The first kappa shape index (κ1) is 15.7. The third-order valence-electron chi connectivity index (χ3n) is 4.76. The Morgan fingerprint density at radius 1 is 0.680 bits per heavy atom. The highest BCUT2D eigenvalue weighted by Gasteiger charge is 2.28. The number of fused-ring (bicyclic) bond motifs is 1. The molecule has 1 N–H and O–H groups in total. The molecule has 0 radical (unpaired) electrons. The molecule has 0 aliphatic carbocycles. The fourth-order valence-corrected chi connectivity index (χ4v) is 3.70. The molecule has 1 aliphatic heterocycles. The summed E-state index contributed by atoms with van der Waals surface area (Å²) in [7, 11) is 0. The molecule has 0 atom stereocenters. The van der Waals surface area contributed by atoms with Gasteiger partial charge in [0.15, 0.2) is 0 Å². The number of benzene rings is 3. The zero-order valence-electron chi connectivity index (χ0n) is 14.8. The van der Waals surface area contributed by atoms with Crippen LogP contribution in [0.25, 0.3) is 11.3 Å². The molecule has 0 saturated heterocycles. The van der Waals surface area contributed by atoms with Gasteiger partial charge in [-0.1, -0.05) is 84.9 Å². The van der Waals surface area contributed by atoms with E-state index in [0.29, 0.717) is 0 Å². The highest BCUT2D eigenvalue weighted by molar-refractivity contribution is 5.99. The first-order chi connectivity index (χ1) is 12.1. The van der Waals surface area contributed by atoms with E-state index in [4.69, 9.17) is 0 Å². The molecule has 124 valence electrons. The minimum Gasteiger partial charge on any atom is -0.379 e. The van der Waals surface area contributed by atoms with Crippen LogP contribution in [0.1, 0.15) is 36.1 Å². The average molecular weight is 325 g/mol. The second-order valence-electron chi connectivity index (χ2n) is 7.32. The Bertz CT molecular complexity index is 905. The van der Waals surface area contributed by atoms with Crippen LogP contribution in [0.2, 0.25) is 0 Å². The van der Waals surface area contributed by atoms with Crippen LogP contribution >= 0.6 is 0 Å². The minimum atomic E-state index is -0.0161. The van der Waals surface area contributed by atoms with Crippen LogP contribution in [-0.2, 0) is 6.42 Å². The number of nitrogens with one attached hydrogen (secondary N) is 1. The van der Waals surface area contributed by atoms with Crippen molar-refractivity contribution >= 4 is 11.3 Å². The van der Waals surface area contributed by atoms with Crippen molar-refractivity contribution in [2.75, 3.05) is 0 Å². The van der Waals surface area contributed by atoms with E-state index in [2.05, 4.69) is 104 Å². The number of hydrogen-bond acceptors (Lipinski definition) is 1. The summed E-state index contributed by atoms with van der Waals surface area (Å²) in [6.07, 6.45) is 0.996. The molecule has 3 aromatic carbocycles. The fraction of sp³-hybridized carbons (Fsp3) is 0.167. The van der Waals surface area contributed by atoms with E-state index in [1.165, 1.54) is 33.5 Å². The second-order valence-corrected chi connectivity index (χ2v) is 7.32. The molecule has 0 amide bonds. The van der Waals surface area contributed by atoms with Gasteiger partial charge < -0.3 is 5.32 Å². The van der Waals surface area contributed by atoms with E-state index in [9.17, 15) is 0 Å². The predicted octanol–water partition coefficient (Wildman–Crippen LogP) is 5.53. The van der Waals surface area contributed by atoms with Crippen LogP contribution in [0, 0.1) is 0 Å². The Labute approximate surface area is 150 Å². The second kappa shape index (κ2) is 6.25. The summed E-state index contributed by atoms with van der Waals surface area (Å²) in [6.45, 7) is 4.56. The molecule has 1 heterocycles. The first-order valence-electron chi connectivity index (χ1n) is 8.86. The molecule has 0 fully saturated rings. The Balaban J connectivity index is 2.06. The maximum Gasteiger partial charge on any atom is 0.0503 e. The van der Waals surface area contributed by atoms with Gasteiger partial charge in [-0.05, 0) is 42.5 Å². The minimum absolute atomic E-state index is 0.0161. The summed E-state index contributed by atoms with van der Waals surface area (Å²) in [5.74, 6) is 0. The molecule has 1 heteroatoms. The summed E-state index contributed by atoms with van der Waals surface area (Å²) < 4.78 is 0. The first-order valence-corrected chi connectivity index (χ1v) is 8.86. The van der Waals surface area contributed by atoms with Gasteiger partial charge in [0, 0.05) is 11.1 Å². The Morgan fingerprint density at radius 3 is 1.92 bits per heavy atom. The van der Waals surface area contributed by atoms with Crippen molar-refractivity contribution in [1.82, 2.24) is 5.32 Å². The van der Waals surface area contributed by atoms with Crippen LogP contribution in [0.15, 0.2) is 84.9 Å². The fourth-order valence-electron chi connectivity index (χ4n) is 3.70. The van der Waals surface area contributed by atoms with E-state index < -0.39 is 0 Å².